The third kappa shape index (κ3) is 1.39. The van der Waals surface area contributed by atoms with Crippen LogP contribution in [0.3, 0.4) is 0 Å². The SMILES string of the molecule is CC(C)(C1CC2C=CC1C2)[SH](C)(C)=O. The first-order valence-electron chi connectivity index (χ1n) is 5.56. The van der Waals surface area contributed by atoms with E-state index in [9.17, 15) is 4.21 Å². The van der Waals surface area contributed by atoms with E-state index in [1.54, 1.807) is 0 Å². The molecule has 0 aromatic heterocycles. The summed E-state index contributed by atoms with van der Waals surface area (Å²) >= 11 is 0. The highest BCUT2D eigenvalue weighted by atomic mass is 32.2. The molecule has 14 heavy (non-hydrogen) atoms. The van der Waals surface area contributed by atoms with Gasteiger partial charge in [0.05, 0.1) is 0 Å². The number of fused-ring (bicyclic) bond motifs is 2. The fourth-order valence-corrected chi connectivity index (χ4v) is 4.09. The predicted octanol–water partition coefficient (Wildman–Crippen LogP) is 2.25. The Hall–Kier alpha value is -0.110. The second kappa shape index (κ2) is 2.94. The molecule has 0 aromatic carbocycles. The number of hydrogen-bond acceptors (Lipinski definition) is 1. The van der Waals surface area contributed by atoms with E-state index >= 15 is 0 Å². The second-order valence-electron chi connectivity index (χ2n) is 5.89. The Balaban J connectivity index is 2.24. The van der Waals surface area contributed by atoms with Gasteiger partial charge in [-0.15, -0.1) is 9.93 Å². The molecule has 0 spiro atoms. The molecule has 3 atom stereocenters. The van der Waals surface area contributed by atoms with Crippen LogP contribution in [0.15, 0.2) is 12.2 Å². The molecule has 1 fully saturated rings. The normalized spacial score (nSPS) is 37.9. The lowest BCUT2D eigenvalue weighted by atomic mass is 9.83. The summed E-state index contributed by atoms with van der Waals surface area (Å²) in [6.07, 6.45) is 11.2. The zero-order valence-corrected chi connectivity index (χ0v) is 10.6. The number of rotatable bonds is 2. The minimum Gasteiger partial charge on any atom is -0.285 e. The summed E-state index contributed by atoms with van der Waals surface area (Å²) in [5.41, 5.74) is 0. The molecule has 0 heterocycles. The first-order chi connectivity index (χ1) is 6.32. The topological polar surface area (TPSA) is 17.1 Å². The summed E-state index contributed by atoms with van der Waals surface area (Å²) < 4.78 is 12.3. The zero-order valence-electron chi connectivity index (χ0n) is 9.66. The summed E-state index contributed by atoms with van der Waals surface area (Å²) in [7, 11) is -1.98. The molecule has 2 rings (SSSR count). The van der Waals surface area contributed by atoms with E-state index in [1.807, 2.05) is 12.5 Å². The van der Waals surface area contributed by atoms with Crippen molar-refractivity contribution in [3.8, 4) is 0 Å². The molecule has 2 heteroatoms. The van der Waals surface area contributed by atoms with Crippen LogP contribution in [0.4, 0.5) is 0 Å². The molecular formula is C12H22OS. The average Bonchev–Trinajstić information content (AvgIpc) is 2.61. The molecule has 82 valence electrons. The summed E-state index contributed by atoms with van der Waals surface area (Å²) in [4.78, 5) is 0. The molecule has 2 aliphatic rings. The first kappa shape index (κ1) is 10.4. The van der Waals surface area contributed by atoms with Crippen LogP contribution in [-0.4, -0.2) is 21.5 Å². The monoisotopic (exact) mass is 214 g/mol. The Labute approximate surface area is 88.4 Å². The van der Waals surface area contributed by atoms with E-state index < -0.39 is 9.93 Å². The Kier molecular flexibility index (Phi) is 2.19. The van der Waals surface area contributed by atoms with E-state index in [1.165, 1.54) is 12.8 Å². The van der Waals surface area contributed by atoms with E-state index in [0.29, 0.717) is 11.8 Å². The smallest absolute Gasteiger partial charge is 0.0211 e. The van der Waals surface area contributed by atoms with Crippen LogP contribution in [0.25, 0.3) is 0 Å². The van der Waals surface area contributed by atoms with E-state index in [0.717, 1.165) is 5.92 Å². The third-order valence-electron chi connectivity index (χ3n) is 4.57. The second-order valence-corrected chi connectivity index (χ2v) is 9.75. The van der Waals surface area contributed by atoms with Crippen molar-refractivity contribution in [1.82, 2.24) is 0 Å². The number of allylic oxidation sites excluding steroid dienone is 2. The van der Waals surface area contributed by atoms with Gasteiger partial charge in [-0.05, 0) is 57.0 Å². The van der Waals surface area contributed by atoms with Crippen LogP contribution < -0.4 is 0 Å². The average molecular weight is 214 g/mol. The fourth-order valence-electron chi connectivity index (χ4n) is 2.99. The minimum atomic E-state index is -1.98. The van der Waals surface area contributed by atoms with Gasteiger partial charge in [0.15, 0.2) is 0 Å². The lowest BCUT2D eigenvalue weighted by molar-refractivity contribution is 0.353. The maximum atomic E-state index is 12.3. The molecule has 0 saturated heterocycles. The molecular weight excluding hydrogens is 192 g/mol. The highest BCUT2D eigenvalue weighted by Crippen LogP contribution is 2.50. The van der Waals surface area contributed by atoms with Crippen molar-refractivity contribution in [3.63, 3.8) is 0 Å². The Morgan fingerprint density at radius 2 is 1.86 bits per heavy atom. The summed E-state index contributed by atoms with van der Waals surface area (Å²) in [5.74, 6) is 2.15. The quantitative estimate of drug-likeness (QED) is 0.551. The van der Waals surface area contributed by atoms with Crippen LogP contribution in [0, 0.1) is 17.8 Å². The van der Waals surface area contributed by atoms with Crippen LogP contribution in [0.1, 0.15) is 26.7 Å². The molecule has 2 bridgehead atoms. The molecule has 3 unspecified atom stereocenters. The van der Waals surface area contributed by atoms with Crippen LogP contribution in [-0.2, 0) is 9.93 Å². The van der Waals surface area contributed by atoms with Crippen molar-refractivity contribution in [2.24, 2.45) is 17.8 Å². The zero-order chi connectivity index (χ0) is 10.6. The van der Waals surface area contributed by atoms with Crippen molar-refractivity contribution < 1.29 is 4.21 Å². The van der Waals surface area contributed by atoms with Crippen molar-refractivity contribution in [2.45, 2.75) is 31.4 Å². The largest absolute Gasteiger partial charge is 0.285 e. The number of thiol groups is 1. The van der Waals surface area contributed by atoms with Gasteiger partial charge < -0.3 is 0 Å². The molecule has 1 nitrogen and oxygen atoms in total. The van der Waals surface area contributed by atoms with E-state index in [-0.39, 0.29) is 4.75 Å². The van der Waals surface area contributed by atoms with Gasteiger partial charge in [-0.3, -0.25) is 4.21 Å². The van der Waals surface area contributed by atoms with Gasteiger partial charge in [0, 0.05) is 4.75 Å². The number of hydrogen-bond donors (Lipinski definition) is 1. The first-order valence-corrected chi connectivity index (χ1v) is 8.16. The van der Waals surface area contributed by atoms with Crippen LogP contribution in [0.2, 0.25) is 0 Å². The molecule has 0 amide bonds. The van der Waals surface area contributed by atoms with Crippen LogP contribution >= 0.6 is 0 Å². The molecule has 1 saturated carbocycles. The maximum absolute atomic E-state index is 12.3. The highest BCUT2D eigenvalue weighted by Gasteiger charge is 2.46. The predicted molar refractivity (Wildman–Crippen MR) is 64.3 cm³/mol. The summed E-state index contributed by atoms with van der Waals surface area (Å²) in [6, 6.07) is 0. The lowest BCUT2D eigenvalue weighted by Crippen LogP contribution is -2.44. The summed E-state index contributed by atoms with van der Waals surface area (Å²) in [5, 5.41) is 0. The Bertz CT molecular complexity index is 310. The molecule has 0 aromatic rings. The third-order valence-corrected chi connectivity index (χ3v) is 7.68. The van der Waals surface area contributed by atoms with Crippen molar-refractivity contribution >= 4 is 9.93 Å². The molecule has 2 aliphatic carbocycles. The molecule has 0 radical (unpaired) electrons. The van der Waals surface area contributed by atoms with Gasteiger partial charge in [-0.1, -0.05) is 12.2 Å². The van der Waals surface area contributed by atoms with Gasteiger partial charge in [0.2, 0.25) is 0 Å². The van der Waals surface area contributed by atoms with Crippen LogP contribution in [0.5, 0.6) is 0 Å². The maximum Gasteiger partial charge on any atom is 0.0211 e. The lowest BCUT2D eigenvalue weighted by Gasteiger charge is -2.42. The van der Waals surface area contributed by atoms with Gasteiger partial charge in [-0.2, -0.15) is 0 Å². The Morgan fingerprint density at radius 1 is 1.21 bits per heavy atom. The van der Waals surface area contributed by atoms with E-state index in [4.69, 9.17) is 0 Å². The van der Waals surface area contributed by atoms with Crippen molar-refractivity contribution in [2.75, 3.05) is 12.5 Å². The van der Waals surface area contributed by atoms with Gasteiger partial charge >= 0.3 is 0 Å². The summed E-state index contributed by atoms with van der Waals surface area (Å²) in [6.45, 7) is 4.40. The molecule has 0 N–H and O–H groups in total. The van der Waals surface area contributed by atoms with Crippen molar-refractivity contribution in [1.29, 1.82) is 0 Å². The standard InChI is InChI=1S/C12H22OS/c1-12(2,14(3,4)13)11-8-9-5-6-10(11)7-9/h5-6,9-11,14H,7-8H2,1-4H3. The van der Waals surface area contributed by atoms with Gasteiger partial charge in [0.1, 0.15) is 0 Å². The minimum absolute atomic E-state index is 0.0250. The van der Waals surface area contributed by atoms with Gasteiger partial charge in [-0.25, -0.2) is 0 Å². The highest BCUT2D eigenvalue weighted by molar-refractivity contribution is 8.03. The fraction of sp³-hybridized carbons (Fsp3) is 0.833. The van der Waals surface area contributed by atoms with Crippen molar-refractivity contribution in [3.05, 3.63) is 12.2 Å². The molecule has 0 aliphatic heterocycles. The van der Waals surface area contributed by atoms with E-state index in [2.05, 4.69) is 26.0 Å². The Morgan fingerprint density at radius 3 is 2.21 bits per heavy atom. The van der Waals surface area contributed by atoms with Gasteiger partial charge in [0.25, 0.3) is 0 Å².